The van der Waals surface area contributed by atoms with Crippen LogP contribution in [0.2, 0.25) is 0 Å². The zero-order valence-electron chi connectivity index (χ0n) is 15.0. The molecule has 0 aliphatic heterocycles. The molecular weight excluding hydrogens is 367 g/mol. The zero-order chi connectivity index (χ0) is 19.2. The molecule has 0 aliphatic rings. The van der Waals surface area contributed by atoms with E-state index in [2.05, 4.69) is 10.3 Å². The van der Waals surface area contributed by atoms with Crippen LogP contribution in [0.25, 0.3) is 0 Å². The lowest BCUT2D eigenvalue weighted by atomic mass is 10.3. The molecule has 0 aliphatic carbocycles. The van der Waals surface area contributed by atoms with Gasteiger partial charge in [0.15, 0.2) is 0 Å². The normalized spacial score (nSPS) is 10.5. The summed E-state index contributed by atoms with van der Waals surface area (Å²) in [6.45, 7) is 4.51. The number of amides is 1. The highest BCUT2D eigenvalue weighted by Gasteiger charge is 2.16. The number of nitrogens with one attached hydrogen (secondary N) is 1. The van der Waals surface area contributed by atoms with E-state index in [1.54, 1.807) is 43.3 Å². The first-order valence-electron chi connectivity index (χ1n) is 8.44. The number of hydrogen-bond donors (Lipinski definition) is 1. The third kappa shape index (κ3) is 5.04. The maximum Gasteiger partial charge on any atom is 0.267 e. The molecule has 0 spiro atoms. The Morgan fingerprint density at radius 1 is 1.07 bits per heavy atom. The molecule has 3 rings (SSSR count). The maximum atomic E-state index is 12.9. The van der Waals surface area contributed by atoms with Crippen LogP contribution in [0.3, 0.4) is 0 Å². The molecule has 0 unspecified atom stereocenters. The highest BCUT2D eigenvalue weighted by Crippen LogP contribution is 2.23. The lowest BCUT2D eigenvalue weighted by Crippen LogP contribution is -2.11. The monoisotopic (exact) mass is 386 g/mol. The molecule has 0 radical (unpaired) electrons. The highest BCUT2D eigenvalue weighted by molar-refractivity contribution is 7.13. The topological polar surface area (TPSA) is 60.5 Å². The number of aryl methyl sites for hydroxylation is 1. The number of nitrogens with zero attached hydrogens (tertiary/aromatic N) is 1. The van der Waals surface area contributed by atoms with E-state index in [1.807, 2.05) is 6.92 Å². The van der Waals surface area contributed by atoms with E-state index in [9.17, 15) is 9.18 Å². The zero-order valence-corrected chi connectivity index (χ0v) is 15.8. The second-order valence-electron chi connectivity index (χ2n) is 5.68. The van der Waals surface area contributed by atoms with Crippen molar-refractivity contribution in [2.24, 2.45) is 0 Å². The van der Waals surface area contributed by atoms with Gasteiger partial charge in [-0.25, -0.2) is 9.37 Å². The summed E-state index contributed by atoms with van der Waals surface area (Å²) in [4.78, 5) is 17.4. The Bertz CT molecular complexity index is 908. The number of ether oxygens (including phenoxy) is 2. The number of carbonyl (C=O) groups is 1. The molecule has 27 heavy (non-hydrogen) atoms. The molecule has 7 heteroatoms. The number of thiazole rings is 1. The van der Waals surface area contributed by atoms with E-state index in [1.165, 1.54) is 23.5 Å². The largest absolute Gasteiger partial charge is 0.494 e. The van der Waals surface area contributed by atoms with Gasteiger partial charge in [0.2, 0.25) is 0 Å². The fourth-order valence-corrected chi connectivity index (χ4v) is 3.26. The van der Waals surface area contributed by atoms with Crippen LogP contribution < -0.4 is 14.8 Å². The Balaban J connectivity index is 1.62. The first kappa shape index (κ1) is 18.8. The van der Waals surface area contributed by atoms with Crippen LogP contribution in [-0.4, -0.2) is 17.5 Å². The molecule has 140 valence electrons. The predicted molar refractivity (Wildman–Crippen MR) is 103 cm³/mol. The van der Waals surface area contributed by atoms with Gasteiger partial charge in [0.05, 0.1) is 12.3 Å². The molecule has 2 aromatic carbocycles. The molecule has 0 fully saturated rings. The number of benzene rings is 2. The van der Waals surface area contributed by atoms with Gasteiger partial charge in [-0.05, 0) is 62.4 Å². The summed E-state index contributed by atoms with van der Waals surface area (Å²) in [5.41, 5.74) is 1.32. The summed E-state index contributed by atoms with van der Waals surface area (Å²) in [7, 11) is 0. The average Bonchev–Trinajstić information content (AvgIpc) is 3.04. The number of rotatable bonds is 7. The van der Waals surface area contributed by atoms with Gasteiger partial charge >= 0.3 is 0 Å². The molecule has 1 heterocycles. The molecule has 1 N–H and O–H groups in total. The van der Waals surface area contributed by atoms with E-state index in [0.717, 1.165) is 5.75 Å². The maximum absolute atomic E-state index is 12.9. The minimum atomic E-state index is -0.319. The summed E-state index contributed by atoms with van der Waals surface area (Å²) >= 11 is 1.27. The van der Waals surface area contributed by atoms with Crippen LogP contribution in [0.15, 0.2) is 48.5 Å². The summed E-state index contributed by atoms with van der Waals surface area (Å²) in [6.07, 6.45) is 0. The lowest BCUT2D eigenvalue weighted by molar-refractivity contribution is 0.103. The quantitative estimate of drug-likeness (QED) is 0.632. The van der Waals surface area contributed by atoms with E-state index < -0.39 is 0 Å². The van der Waals surface area contributed by atoms with Crippen molar-refractivity contribution < 1.29 is 18.7 Å². The van der Waals surface area contributed by atoms with Crippen molar-refractivity contribution in [3.05, 3.63) is 69.9 Å². The number of carbonyl (C=O) groups excluding carboxylic acids is 1. The number of anilines is 1. The summed E-state index contributed by atoms with van der Waals surface area (Å²) in [5, 5.41) is 3.53. The van der Waals surface area contributed by atoms with E-state index in [4.69, 9.17) is 9.47 Å². The van der Waals surface area contributed by atoms with Crippen LogP contribution >= 0.6 is 11.3 Å². The molecule has 5 nitrogen and oxygen atoms in total. The molecular formula is C20H19FN2O3S. The minimum Gasteiger partial charge on any atom is -0.494 e. The first-order valence-corrected chi connectivity index (χ1v) is 9.25. The Labute approximate surface area is 160 Å². The van der Waals surface area contributed by atoms with Gasteiger partial charge < -0.3 is 14.8 Å². The Morgan fingerprint density at radius 3 is 2.37 bits per heavy atom. The van der Waals surface area contributed by atoms with Crippen molar-refractivity contribution in [3.63, 3.8) is 0 Å². The molecule has 0 saturated heterocycles. The first-order chi connectivity index (χ1) is 13.0. The molecule has 0 atom stereocenters. The smallest absolute Gasteiger partial charge is 0.267 e. The number of hydrogen-bond acceptors (Lipinski definition) is 5. The van der Waals surface area contributed by atoms with Crippen LogP contribution in [0.5, 0.6) is 11.5 Å². The van der Waals surface area contributed by atoms with Crippen LogP contribution in [0.1, 0.15) is 27.3 Å². The molecule has 1 amide bonds. The molecule has 1 aromatic heterocycles. The standard InChI is InChI=1S/C20H19FN2O3S/c1-3-25-16-10-6-15(7-11-16)23-20(24)19-13(2)22-18(27-19)12-26-17-8-4-14(21)5-9-17/h4-11H,3,12H2,1-2H3,(H,23,24). The van der Waals surface area contributed by atoms with E-state index in [0.29, 0.717) is 33.6 Å². The van der Waals surface area contributed by atoms with Gasteiger partial charge in [-0.15, -0.1) is 11.3 Å². The van der Waals surface area contributed by atoms with Crippen molar-refractivity contribution in [2.75, 3.05) is 11.9 Å². The Kier molecular flexibility index (Phi) is 6.03. The van der Waals surface area contributed by atoms with Crippen molar-refractivity contribution in [1.82, 2.24) is 4.98 Å². The second-order valence-corrected chi connectivity index (χ2v) is 6.76. The highest BCUT2D eigenvalue weighted by atomic mass is 32.1. The van der Waals surface area contributed by atoms with Crippen molar-refractivity contribution in [1.29, 1.82) is 0 Å². The van der Waals surface area contributed by atoms with Crippen LogP contribution in [0, 0.1) is 12.7 Å². The molecule has 0 bridgehead atoms. The van der Waals surface area contributed by atoms with E-state index >= 15 is 0 Å². The minimum absolute atomic E-state index is 0.216. The fourth-order valence-electron chi connectivity index (χ4n) is 2.39. The van der Waals surface area contributed by atoms with E-state index in [-0.39, 0.29) is 18.3 Å². The Morgan fingerprint density at radius 2 is 1.70 bits per heavy atom. The van der Waals surface area contributed by atoms with Gasteiger partial charge in [0.25, 0.3) is 5.91 Å². The number of halogens is 1. The number of aromatic nitrogens is 1. The summed E-state index contributed by atoms with van der Waals surface area (Å²) < 4.78 is 23.9. The lowest BCUT2D eigenvalue weighted by Gasteiger charge is -2.06. The molecule has 0 saturated carbocycles. The third-order valence-corrected chi connectivity index (χ3v) is 4.78. The van der Waals surface area contributed by atoms with Gasteiger partial charge in [0.1, 0.15) is 33.8 Å². The van der Waals surface area contributed by atoms with Crippen LogP contribution in [-0.2, 0) is 6.61 Å². The van der Waals surface area contributed by atoms with Crippen molar-refractivity contribution >= 4 is 22.9 Å². The second kappa shape index (κ2) is 8.64. The van der Waals surface area contributed by atoms with Crippen molar-refractivity contribution in [3.8, 4) is 11.5 Å². The van der Waals surface area contributed by atoms with Crippen LogP contribution in [0.4, 0.5) is 10.1 Å². The van der Waals surface area contributed by atoms with Gasteiger partial charge in [0, 0.05) is 5.69 Å². The summed E-state index contributed by atoms with van der Waals surface area (Å²) in [5.74, 6) is 0.761. The predicted octanol–water partition coefficient (Wildman–Crippen LogP) is 4.82. The fraction of sp³-hybridized carbons (Fsp3) is 0.200. The average molecular weight is 386 g/mol. The molecule has 3 aromatic rings. The van der Waals surface area contributed by atoms with Gasteiger partial charge in [-0.2, -0.15) is 0 Å². The van der Waals surface area contributed by atoms with Crippen molar-refractivity contribution in [2.45, 2.75) is 20.5 Å². The SMILES string of the molecule is CCOc1ccc(NC(=O)c2sc(COc3ccc(F)cc3)nc2C)cc1. The Hall–Kier alpha value is -2.93. The van der Waals surface area contributed by atoms with Gasteiger partial charge in [-0.3, -0.25) is 4.79 Å². The van der Waals surface area contributed by atoms with Gasteiger partial charge in [-0.1, -0.05) is 0 Å². The third-order valence-electron chi connectivity index (χ3n) is 3.65. The summed E-state index contributed by atoms with van der Waals surface area (Å²) in [6, 6.07) is 13.0.